The van der Waals surface area contributed by atoms with Gasteiger partial charge in [0.2, 0.25) is 11.8 Å². The third-order valence-corrected chi connectivity index (χ3v) is 8.96. The molecule has 6 atom stereocenters. The molecule has 0 radical (unpaired) electrons. The van der Waals surface area contributed by atoms with Gasteiger partial charge in [-0.15, -0.1) is 24.9 Å². The summed E-state index contributed by atoms with van der Waals surface area (Å²) in [5.74, 6) is -1.84. The fraction of sp³-hybridized carbons (Fsp3) is 0.708. The first-order valence-corrected chi connectivity index (χ1v) is 12.4. The SMILES string of the molecule is C=CCCCOC(=O)[C@@H]1[C@@H]2CCC3(S2)C(C(=O)N(CC=C)C(C)C)N([C@H](C)CO)C(=O)[C@H]13. The Morgan fingerprint density at radius 2 is 2.06 bits per heavy atom. The Morgan fingerprint density at radius 1 is 1.34 bits per heavy atom. The van der Waals surface area contributed by atoms with Crippen molar-refractivity contribution in [1.82, 2.24) is 9.80 Å². The summed E-state index contributed by atoms with van der Waals surface area (Å²) in [5.41, 5.74) is 0. The molecule has 178 valence electrons. The Hall–Kier alpha value is -1.80. The Kier molecular flexibility index (Phi) is 7.76. The third kappa shape index (κ3) is 4.00. The number of aliphatic hydroxyl groups is 1. The Morgan fingerprint density at radius 3 is 2.66 bits per heavy atom. The lowest BCUT2D eigenvalue weighted by molar-refractivity contribution is -0.154. The van der Waals surface area contributed by atoms with E-state index in [2.05, 4.69) is 13.2 Å². The van der Waals surface area contributed by atoms with Gasteiger partial charge in [-0.05, 0) is 46.5 Å². The van der Waals surface area contributed by atoms with Crippen LogP contribution in [0.3, 0.4) is 0 Å². The monoisotopic (exact) mass is 464 g/mol. The van der Waals surface area contributed by atoms with E-state index in [1.165, 1.54) is 0 Å². The number of aliphatic hydroxyl groups excluding tert-OH is 1. The summed E-state index contributed by atoms with van der Waals surface area (Å²) in [6.45, 7) is 13.5. The molecule has 0 aliphatic carbocycles. The average molecular weight is 465 g/mol. The van der Waals surface area contributed by atoms with Crippen LogP contribution < -0.4 is 0 Å². The standard InChI is InChI=1S/C24H36N2O5S/c1-6-8-9-13-31-23(30)18-17-10-11-24(32-17)19(18)21(28)26(16(5)14-27)20(24)22(29)25(12-7-2)15(3)4/h6-7,15-20,27H,1-2,8-14H2,3-5H3/t16-,17+,18-,19+,20?,24?/m1/s1. The third-order valence-electron chi connectivity index (χ3n) is 7.01. The summed E-state index contributed by atoms with van der Waals surface area (Å²) < 4.78 is 4.88. The molecule has 8 heteroatoms. The van der Waals surface area contributed by atoms with E-state index in [1.54, 1.807) is 40.6 Å². The van der Waals surface area contributed by atoms with E-state index in [1.807, 2.05) is 13.8 Å². The number of hydrogen-bond donors (Lipinski definition) is 1. The van der Waals surface area contributed by atoms with Crippen LogP contribution in [0, 0.1) is 11.8 Å². The molecule has 3 rings (SSSR count). The van der Waals surface area contributed by atoms with Crippen molar-refractivity contribution in [2.75, 3.05) is 19.8 Å². The minimum absolute atomic E-state index is 0.0235. The number of thioether (sulfide) groups is 1. The molecule has 3 fully saturated rings. The molecule has 3 saturated heterocycles. The van der Waals surface area contributed by atoms with Crippen LogP contribution in [-0.4, -0.2) is 80.6 Å². The predicted molar refractivity (Wildman–Crippen MR) is 125 cm³/mol. The number of carbonyl (C=O) groups excluding carboxylic acids is 3. The van der Waals surface area contributed by atoms with Crippen molar-refractivity contribution in [2.45, 2.75) is 74.6 Å². The van der Waals surface area contributed by atoms with Crippen molar-refractivity contribution in [1.29, 1.82) is 0 Å². The highest BCUT2D eigenvalue weighted by atomic mass is 32.2. The Bertz CT molecular complexity index is 771. The van der Waals surface area contributed by atoms with Gasteiger partial charge in [0.05, 0.1) is 35.8 Å². The van der Waals surface area contributed by atoms with Gasteiger partial charge in [0.25, 0.3) is 0 Å². The van der Waals surface area contributed by atoms with Gasteiger partial charge in [-0.2, -0.15) is 0 Å². The predicted octanol–water partition coefficient (Wildman–Crippen LogP) is 2.39. The summed E-state index contributed by atoms with van der Waals surface area (Å²) in [6.07, 6.45) is 6.40. The number of hydrogen-bond acceptors (Lipinski definition) is 6. The number of amides is 2. The second kappa shape index (κ2) is 10.00. The highest BCUT2D eigenvalue weighted by Crippen LogP contribution is 2.66. The lowest BCUT2D eigenvalue weighted by Gasteiger charge is -2.40. The number of esters is 1. The number of unbranched alkanes of at least 4 members (excludes halogenated alkanes) is 1. The first kappa shape index (κ1) is 24.8. The van der Waals surface area contributed by atoms with Crippen molar-refractivity contribution in [3.63, 3.8) is 0 Å². The van der Waals surface area contributed by atoms with Gasteiger partial charge in [0.15, 0.2) is 0 Å². The molecule has 7 nitrogen and oxygen atoms in total. The van der Waals surface area contributed by atoms with E-state index in [-0.39, 0.29) is 35.7 Å². The molecular weight excluding hydrogens is 428 g/mol. The zero-order chi connectivity index (χ0) is 23.6. The number of likely N-dealkylation sites (tertiary alicyclic amines) is 1. The van der Waals surface area contributed by atoms with Crippen LogP contribution in [0.15, 0.2) is 25.3 Å². The van der Waals surface area contributed by atoms with Gasteiger partial charge < -0.3 is 19.6 Å². The minimum Gasteiger partial charge on any atom is -0.465 e. The first-order valence-electron chi connectivity index (χ1n) is 11.5. The Labute approximate surface area is 195 Å². The molecule has 0 aromatic heterocycles. The quantitative estimate of drug-likeness (QED) is 0.287. The molecule has 2 unspecified atom stereocenters. The van der Waals surface area contributed by atoms with E-state index >= 15 is 0 Å². The number of rotatable bonds is 11. The van der Waals surface area contributed by atoms with Crippen molar-refractivity contribution in [3.8, 4) is 0 Å². The van der Waals surface area contributed by atoms with Crippen LogP contribution >= 0.6 is 11.8 Å². The normalized spacial score (nSPS) is 31.5. The van der Waals surface area contributed by atoms with Gasteiger partial charge >= 0.3 is 5.97 Å². The van der Waals surface area contributed by atoms with Gasteiger partial charge in [-0.25, -0.2) is 0 Å². The smallest absolute Gasteiger partial charge is 0.310 e. The van der Waals surface area contributed by atoms with Crippen LogP contribution in [0.1, 0.15) is 46.5 Å². The Balaban J connectivity index is 1.96. The minimum atomic E-state index is -0.710. The van der Waals surface area contributed by atoms with E-state index in [4.69, 9.17) is 4.74 Å². The van der Waals surface area contributed by atoms with Gasteiger partial charge in [0.1, 0.15) is 6.04 Å². The maximum Gasteiger partial charge on any atom is 0.310 e. The fourth-order valence-corrected chi connectivity index (χ4v) is 7.74. The molecule has 3 heterocycles. The summed E-state index contributed by atoms with van der Waals surface area (Å²) in [6, 6.07) is -1.29. The number of carbonyl (C=O) groups is 3. The van der Waals surface area contributed by atoms with E-state index < -0.39 is 28.7 Å². The highest BCUT2D eigenvalue weighted by Gasteiger charge is 2.74. The van der Waals surface area contributed by atoms with Crippen molar-refractivity contribution in [2.24, 2.45) is 11.8 Å². The molecule has 2 bridgehead atoms. The number of allylic oxidation sites excluding steroid dienone is 1. The zero-order valence-electron chi connectivity index (χ0n) is 19.4. The van der Waals surface area contributed by atoms with Crippen LogP contribution in [0.4, 0.5) is 0 Å². The zero-order valence-corrected chi connectivity index (χ0v) is 20.2. The summed E-state index contributed by atoms with van der Waals surface area (Å²) in [5, 5.41) is 9.87. The van der Waals surface area contributed by atoms with Gasteiger partial charge in [-0.1, -0.05) is 12.2 Å². The molecule has 3 aliphatic rings. The van der Waals surface area contributed by atoms with Crippen LogP contribution in [0.25, 0.3) is 0 Å². The fourth-order valence-electron chi connectivity index (χ4n) is 5.55. The van der Waals surface area contributed by atoms with Crippen molar-refractivity contribution < 1.29 is 24.2 Å². The van der Waals surface area contributed by atoms with Crippen LogP contribution in [0.5, 0.6) is 0 Å². The first-order chi connectivity index (χ1) is 15.2. The largest absolute Gasteiger partial charge is 0.465 e. The topological polar surface area (TPSA) is 87.2 Å². The van der Waals surface area contributed by atoms with E-state index in [9.17, 15) is 19.5 Å². The highest BCUT2D eigenvalue weighted by molar-refractivity contribution is 8.02. The molecule has 0 aromatic carbocycles. The molecule has 0 aromatic rings. The summed E-state index contributed by atoms with van der Waals surface area (Å²) in [4.78, 5) is 43.9. The van der Waals surface area contributed by atoms with Crippen LogP contribution in [0.2, 0.25) is 0 Å². The van der Waals surface area contributed by atoms with E-state index in [0.29, 0.717) is 26.0 Å². The molecule has 1 spiro atoms. The number of nitrogens with zero attached hydrogens (tertiary/aromatic N) is 2. The van der Waals surface area contributed by atoms with Crippen molar-refractivity contribution >= 4 is 29.5 Å². The number of fused-ring (bicyclic) bond motifs is 1. The van der Waals surface area contributed by atoms with E-state index in [0.717, 1.165) is 12.8 Å². The summed E-state index contributed by atoms with van der Waals surface area (Å²) in [7, 11) is 0. The van der Waals surface area contributed by atoms with Crippen LogP contribution in [-0.2, 0) is 19.1 Å². The number of ether oxygens (including phenoxy) is 1. The molecular formula is C24H36N2O5S. The maximum absolute atomic E-state index is 13.9. The lowest BCUT2D eigenvalue weighted by Crippen LogP contribution is -2.58. The van der Waals surface area contributed by atoms with Gasteiger partial charge in [0, 0.05) is 17.8 Å². The van der Waals surface area contributed by atoms with Crippen molar-refractivity contribution in [3.05, 3.63) is 25.3 Å². The van der Waals surface area contributed by atoms with Gasteiger partial charge in [-0.3, -0.25) is 14.4 Å². The summed E-state index contributed by atoms with van der Waals surface area (Å²) >= 11 is 1.61. The second-order valence-electron chi connectivity index (χ2n) is 9.30. The maximum atomic E-state index is 13.9. The molecule has 32 heavy (non-hydrogen) atoms. The average Bonchev–Trinajstić information content (AvgIpc) is 3.41. The molecule has 1 N–H and O–H groups in total. The lowest BCUT2D eigenvalue weighted by atomic mass is 9.71. The molecule has 0 saturated carbocycles. The molecule has 2 amide bonds. The second-order valence-corrected chi connectivity index (χ2v) is 10.9. The molecule has 3 aliphatic heterocycles.